The highest BCUT2D eigenvalue weighted by atomic mass is 16.3. The number of aryl methyl sites for hydroxylation is 1. The summed E-state index contributed by atoms with van der Waals surface area (Å²) < 4.78 is 0. The highest BCUT2D eigenvalue weighted by Gasteiger charge is 2.20. The van der Waals surface area contributed by atoms with Gasteiger partial charge in [0.2, 0.25) is 0 Å². The Kier molecular flexibility index (Phi) is 11.0. The smallest absolute Gasteiger partial charge is 0.160 e. The molecule has 0 saturated heterocycles. The Labute approximate surface area is 183 Å². The predicted molar refractivity (Wildman–Crippen MR) is 128 cm³/mol. The van der Waals surface area contributed by atoms with E-state index >= 15 is 0 Å². The van der Waals surface area contributed by atoms with E-state index in [4.69, 9.17) is 0 Å². The molecule has 30 heavy (non-hydrogen) atoms. The zero-order valence-electron chi connectivity index (χ0n) is 19.9. The fourth-order valence-electron chi connectivity index (χ4n) is 3.50. The van der Waals surface area contributed by atoms with Crippen molar-refractivity contribution in [2.24, 2.45) is 0 Å². The lowest BCUT2D eigenvalue weighted by molar-refractivity contribution is 0.0432. The van der Waals surface area contributed by atoms with Gasteiger partial charge in [-0.2, -0.15) is 0 Å². The fourth-order valence-corrected chi connectivity index (χ4v) is 3.50. The van der Waals surface area contributed by atoms with Crippen LogP contribution in [0.5, 0.6) is 11.5 Å². The van der Waals surface area contributed by atoms with E-state index in [0.29, 0.717) is 24.8 Å². The molecule has 0 aliphatic heterocycles. The number of allylic oxidation sites excluding steroid dienone is 6. The third-order valence-corrected chi connectivity index (χ3v) is 5.75. The van der Waals surface area contributed by atoms with Crippen molar-refractivity contribution in [2.45, 2.75) is 98.5 Å². The molecule has 0 amide bonds. The van der Waals surface area contributed by atoms with E-state index < -0.39 is 5.60 Å². The summed E-state index contributed by atoms with van der Waals surface area (Å²) in [6.45, 7) is 12.3. The van der Waals surface area contributed by atoms with E-state index in [1.807, 2.05) is 13.0 Å². The van der Waals surface area contributed by atoms with Crippen LogP contribution in [0.1, 0.15) is 90.7 Å². The number of aromatic hydroxyl groups is 2. The number of phenols is 2. The highest BCUT2D eigenvalue weighted by molar-refractivity contribution is 5.48. The molecule has 1 aromatic carbocycles. The summed E-state index contributed by atoms with van der Waals surface area (Å²) >= 11 is 0. The zero-order valence-corrected chi connectivity index (χ0v) is 19.9. The van der Waals surface area contributed by atoms with Gasteiger partial charge in [0.1, 0.15) is 0 Å². The molecular formula is C27H42O3. The van der Waals surface area contributed by atoms with Crippen molar-refractivity contribution in [2.75, 3.05) is 0 Å². The molecule has 0 radical (unpaired) electrons. The molecule has 0 aliphatic rings. The number of hydrogen-bond acceptors (Lipinski definition) is 3. The first-order valence-electron chi connectivity index (χ1n) is 11.2. The zero-order chi connectivity index (χ0) is 22.7. The molecule has 1 rings (SSSR count). The second kappa shape index (κ2) is 12.6. The van der Waals surface area contributed by atoms with Crippen LogP contribution >= 0.6 is 0 Å². The van der Waals surface area contributed by atoms with E-state index in [0.717, 1.165) is 37.7 Å². The van der Waals surface area contributed by atoms with Crippen molar-refractivity contribution >= 4 is 0 Å². The van der Waals surface area contributed by atoms with Gasteiger partial charge in [0.25, 0.3) is 0 Å². The topological polar surface area (TPSA) is 60.7 Å². The molecular weight excluding hydrogens is 372 g/mol. The van der Waals surface area contributed by atoms with Crippen molar-refractivity contribution in [3.05, 3.63) is 58.2 Å². The Morgan fingerprint density at radius 3 is 2.03 bits per heavy atom. The predicted octanol–water partition coefficient (Wildman–Crippen LogP) is 7.29. The van der Waals surface area contributed by atoms with Gasteiger partial charge in [-0.1, -0.05) is 41.0 Å². The van der Waals surface area contributed by atoms with Gasteiger partial charge in [-0.05, 0) is 110 Å². The third kappa shape index (κ3) is 10.2. The highest BCUT2D eigenvalue weighted by Crippen LogP contribution is 2.32. The Morgan fingerprint density at radius 2 is 1.43 bits per heavy atom. The molecule has 0 bridgehead atoms. The lowest BCUT2D eigenvalue weighted by Gasteiger charge is -2.23. The van der Waals surface area contributed by atoms with Crippen LogP contribution in [0.2, 0.25) is 0 Å². The number of hydrogen-bond donors (Lipinski definition) is 3. The first-order valence-corrected chi connectivity index (χ1v) is 11.2. The minimum absolute atomic E-state index is 0.0630. The molecule has 0 spiro atoms. The Bertz CT molecular complexity index is 763. The molecule has 1 atom stereocenters. The van der Waals surface area contributed by atoms with Gasteiger partial charge < -0.3 is 15.3 Å². The summed E-state index contributed by atoms with van der Waals surface area (Å²) in [5.74, 6) is -0.159. The van der Waals surface area contributed by atoms with Gasteiger partial charge in [0.15, 0.2) is 11.5 Å². The summed E-state index contributed by atoms with van der Waals surface area (Å²) in [7, 11) is 0. The summed E-state index contributed by atoms with van der Waals surface area (Å²) in [6, 6.07) is 3.33. The van der Waals surface area contributed by atoms with Crippen LogP contribution in [0.25, 0.3) is 0 Å². The normalized spacial score (nSPS) is 14.5. The second-order valence-corrected chi connectivity index (χ2v) is 9.21. The number of aliphatic hydroxyl groups is 1. The molecule has 1 aromatic rings. The molecule has 0 aliphatic carbocycles. The molecule has 3 nitrogen and oxygen atoms in total. The van der Waals surface area contributed by atoms with Crippen LogP contribution < -0.4 is 0 Å². The average molecular weight is 415 g/mol. The largest absolute Gasteiger partial charge is 0.504 e. The first-order chi connectivity index (χ1) is 14.0. The molecule has 1 unspecified atom stereocenters. The number of phenolic OH excluding ortho intramolecular Hbond substituents is 2. The molecule has 3 heteroatoms. The minimum Gasteiger partial charge on any atom is -0.504 e. The maximum absolute atomic E-state index is 10.7. The summed E-state index contributed by atoms with van der Waals surface area (Å²) in [5.41, 5.74) is 5.11. The monoisotopic (exact) mass is 414 g/mol. The van der Waals surface area contributed by atoms with Gasteiger partial charge in [0.05, 0.1) is 5.60 Å². The van der Waals surface area contributed by atoms with Gasteiger partial charge in [-0.15, -0.1) is 0 Å². The van der Waals surface area contributed by atoms with Crippen LogP contribution in [-0.4, -0.2) is 20.9 Å². The van der Waals surface area contributed by atoms with Crippen LogP contribution in [-0.2, 0) is 6.42 Å². The number of rotatable bonds is 12. The summed E-state index contributed by atoms with van der Waals surface area (Å²) in [5, 5.41) is 30.1. The van der Waals surface area contributed by atoms with Crippen LogP contribution in [0.3, 0.4) is 0 Å². The summed E-state index contributed by atoms with van der Waals surface area (Å²) in [6.07, 6.45) is 14.2. The van der Waals surface area contributed by atoms with E-state index in [1.54, 1.807) is 6.92 Å². The standard InChI is InChI=1S/C27H42O3/c1-20(2)10-7-11-21(3)12-8-13-22(4)14-9-18-27(6,30)19-17-24-15-16-25(28)26(29)23(24)5/h10,12,14-16,28-30H,7-9,11,13,17-19H2,1-6H3/b21-12+,22-14+. The van der Waals surface area contributed by atoms with Gasteiger partial charge in [0, 0.05) is 0 Å². The van der Waals surface area contributed by atoms with E-state index in [9.17, 15) is 15.3 Å². The lowest BCUT2D eigenvalue weighted by Crippen LogP contribution is -2.24. The number of benzene rings is 1. The first kappa shape index (κ1) is 26.0. The van der Waals surface area contributed by atoms with E-state index in [2.05, 4.69) is 45.9 Å². The van der Waals surface area contributed by atoms with Gasteiger partial charge in [-0.3, -0.25) is 0 Å². The van der Waals surface area contributed by atoms with E-state index in [1.165, 1.54) is 22.8 Å². The van der Waals surface area contributed by atoms with Crippen LogP contribution in [0, 0.1) is 6.92 Å². The molecule has 0 saturated carbocycles. The van der Waals surface area contributed by atoms with Gasteiger partial charge >= 0.3 is 0 Å². The Hall–Kier alpha value is -2.00. The van der Waals surface area contributed by atoms with Crippen LogP contribution in [0.15, 0.2) is 47.1 Å². The summed E-state index contributed by atoms with van der Waals surface area (Å²) in [4.78, 5) is 0. The molecule has 3 N–H and O–H groups in total. The van der Waals surface area contributed by atoms with Crippen LogP contribution in [0.4, 0.5) is 0 Å². The molecule has 168 valence electrons. The SMILES string of the molecule is CC(C)=CCC/C(C)=C/CC/C(C)=C/CCC(C)(O)CCc1ccc(O)c(O)c1C. The second-order valence-electron chi connectivity index (χ2n) is 9.21. The maximum atomic E-state index is 10.7. The maximum Gasteiger partial charge on any atom is 0.160 e. The van der Waals surface area contributed by atoms with Crippen molar-refractivity contribution in [1.82, 2.24) is 0 Å². The van der Waals surface area contributed by atoms with Crippen molar-refractivity contribution < 1.29 is 15.3 Å². The van der Waals surface area contributed by atoms with Crippen molar-refractivity contribution in [1.29, 1.82) is 0 Å². The van der Waals surface area contributed by atoms with Crippen molar-refractivity contribution in [3.63, 3.8) is 0 Å². The quantitative estimate of drug-likeness (QED) is 0.248. The fraction of sp³-hybridized carbons (Fsp3) is 0.556. The minimum atomic E-state index is -0.752. The van der Waals surface area contributed by atoms with Crippen molar-refractivity contribution in [3.8, 4) is 11.5 Å². The van der Waals surface area contributed by atoms with E-state index in [-0.39, 0.29) is 11.5 Å². The molecule has 0 heterocycles. The Balaban J connectivity index is 2.40. The molecule has 0 aromatic heterocycles. The lowest BCUT2D eigenvalue weighted by atomic mass is 9.90. The molecule has 0 fully saturated rings. The third-order valence-electron chi connectivity index (χ3n) is 5.75. The van der Waals surface area contributed by atoms with Gasteiger partial charge in [-0.25, -0.2) is 0 Å². The average Bonchev–Trinajstić information content (AvgIpc) is 2.65. The Morgan fingerprint density at radius 1 is 0.867 bits per heavy atom.